The van der Waals surface area contributed by atoms with Crippen molar-refractivity contribution >= 4 is 11.6 Å². The van der Waals surface area contributed by atoms with Crippen molar-refractivity contribution in [3.8, 4) is 0 Å². The minimum absolute atomic E-state index is 0.0290. The van der Waals surface area contributed by atoms with Crippen LogP contribution in [-0.2, 0) is 10.2 Å². The van der Waals surface area contributed by atoms with E-state index in [1.807, 2.05) is 12.1 Å². The highest BCUT2D eigenvalue weighted by Gasteiger charge is 2.16. The largest absolute Gasteiger partial charge is 0.326 e. The zero-order valence-corrected chi connectivity index (χ0v) is 10.1. The molecule has 82 valence electrons. The molecule has 1 rings (SSSR count). The van der Waals surface area contributed by atoms with Gasteiger partial charge >= 0.3 is 0 Å². The molecule has 0 bridgehead atoms. The first kappa shape index (κ1) is 11.8. The van der Waals surface area contributed by atoms with Crippen molar-refractivity contribution in [3.63, 3.8) is 0 Å². The second kappa shape index (κ2) is 4.05. The zero-order valence-electron chi connectivity index (χ0n) is 10.1. The Bertz CT molecular complexity index is 375. The second-order valence-corrected chi connectivity index (χ2v) is 4.96. The highest BCUT2D eigenvalue weighted by Crippen LogP contribution is 2.27. The highest BCUT2D eigenvalue weighted by atomic mass is 16.1. The molecule has 0 unspecified atom stereocenters. The topological polar surface area (TPSA) is 29.1 Å². The van der Waals surface area contributed by atoms with Gasteiger partial charge in [-0.25, -0.2) is 0 Å². The van der Waals surface area contributed by atoms with E-state index in [2.05, 4.69) is 39.1 Å². The molecule has 0 aliphatic heterocycles. The molecule has 0 fully saturated rings. The third kappa shape index (κ3) is 3.08. The van der Waals surface area contributed by atoms with Crippen molar-refractivity contribution in [2.45, 2.75) is 40.0 Å². The van der Waals surface area contributed by atoms with E-state index in [0.717, 1.165) is 5.69 Å². The number of hydrogen-bond donors (Lipinski definition) is 1. The lowest BCUT2D eigenvalue weighted by Gasteiger charge is -2.22. The standard InChI is InChI=1S/C13H19NO/c1-9-6-7-11(14-10(2)15)8-12(9)13(3,4)5/h6-8H,1-5H3,(H,14,15). The summed E-state index contributed by atoms with van der Waals surface area (Å²) in [5.41, 5.74) is 3.52. The van der Waals surface area contributed by atoms with E-state index in [1.165, 1.54) is 18.1 Å². The van der Waals surface area contributed by atoms with E-state index in [1.54, 1.807) is 0 Å². The summed E-state index contributed by atoms with van der Waals surface area (Å²) < 4.78 is 0. The van der Waals surface area contributed by atoms with Crippen molar-refractivity contribution in [1.29, 1.82) is 0 Å². The van der Waals surface area contributed by atoms with Gasteiger partial charge in [-0.05, 0) is 35.6 Å². The summed E-state index contributed by atoms with van der Waals surface area (Å²) in [5, 5.41) is 2.81. The molecular formula is C13H19NO. The smallest absolute Gasteiger partial charge is 0.221 e. The first-order valence-corrected chi connectivity index (χ1v) is 5.19. The van der Waals surface area contributed by atoms with Crippen molar-refractivity contribution in [2.75, 3.05) is 5.32 Å². The van der Waals surface area contributed by atoms with E-state index >= 15 is 0 Å². The van der Waals surface area contributed by atoms with Crippen molar-refractivity contribution in [2.24, 2.45) is 0 Å². The molecule has 1 amide bonds. The van der Waals surface area contributed by atoms with E-state index in [-0.39, 0.29) is 11.3 Å². The molecule has 0 aromatic heterocycles. The zero-order chi connectivity index (χ0) is 11.6. The van der Waals surface area contributed by atoms with E-state index in [4.69, 9.17) is 0 Å². The van der Waals surface area contributed by atoms with Gasteiger partial charge in [0.1, 0.15) is 0 Å². The Balaban J connectivity index is 3.11. The van der Waals surface area contributed by atoms with E-state index < -0.39 is 0 Å². The summed E-state index contributed by atoms with van der Waals surface area (Å²) in [4.78, 5) is 10.9. The second-order valence-electron chi connectivity index (χ2n) is 4.96. The molecule has 0 saturated carbocycles. The molecular weight excluding hydrogens is 186 g/mol. The summed E-state index contributed by atoms with van der Waals surface area (Å²) in [5.74, 6) is -0.0290. The summed E-state index contributed by atoms with van der Waals surface area (Å²) >= 11 is 0. The van der Waals surface area contributed by atoms with Crippen LogP contribution < -0.4 is 5.32 Å². The van der Waals surface area contributed by atoms with Crippen LogP contribution in [0.15, 0.2) is 18.2 Å². The number of nitrogens with one attached hydrogen (secondary N) is 1. The minimum Gasteiger partial charge on any atom is -0.326 e. The Hall–Kier alpha value is -1.31. The fraction of sp³-hybridized carbons (Fsp3) is 0.462. The number of aryl methyl sites for hydroxylation is 1. The van der Waals surface area contributed by atoms with Crippen molar-refractivity contribution in [3.05, 3.63) is 29.3 Å². The van der Waals surface area contributed by atoms with Crippen LogP contribution in [0.5, 0.6) is 0 Å². The SMILES string of the molecule is CC(=O)Nc1ccc(C)c(C(C)(C)C)c1. The molecule has 1 aromatic rings. The molecule has 0 radical (unpaired) electrons. The molecule has 0 atom stereocenters. The maximum Gasteiger partial charge on any atom is 0.221 e. The summed E-state index contributed by atoms with van der Waals surface area (Å²) in [6, 6.07) is 6.04. The number of benzene rings is 1. The predicted molar refractivity (Wildman–Crippen MR) is 64.2 cm³/mol. The van der Waals surface area contributed by atoms with Gasteiger partial charge in [-0.2, -0.15) is 0 Å². The molecule has 2 heteroatoms. The van der Waals surface area contributed by atoms with E-state index in [9.17, 15) is 4.79 Å². The maximum atomic E-state index is 10.9. The molecule has 1 aromatic carbocycles. The number of carbonyl (C=O) groups is 1. The van der Waals surface area contributed by atoms with Gasteiger partial charge in [0.25, 0.3) is 0 Å². The van der Waals surface area contributed by atoms with Gasteiger partial charge in [0.05, 0.1) is 0 Å². The Morgan fingerprint density at radius 1 is 1.27 bits per heavy atom. The van der Waals surface area contributed by atoms with Crippen LogP contribution in [0.25, 0.3) is 0 Å². The highest BCUT2D eigenvalue weighted by molar-refractivity contribution is 5.88. The average Bonchev–Trinajstić information content (AvgIpc) is 2.05. The Morgan fingerprint density at radius 2 is 1.87 bits per heavy atom. The van der Waals surface area contributed by atoms with Crippen LogP contribution in [0.2, 0.25) is 0 Å². The van der Waals surface area contributed by atoms with E-state index in [0.29, 0.717) is 0 Å². The third-order valence-electron chi connectivity index (χ3n) is 2.37. The van der Waals surface area contributed by atoms with Crippen LogP contribution >= 0.6 is 0 Å². The van der Waals surface area contributed by atoms with Gasteiger partial charge in [-0.1, -0.05) is 26.8 Å². The summed E-state index contributed by atoms with van der Waals surface area (Å²) in [6.07, 6.45) is 0. The summed E-state index contributed by atoms with van der Waals surface area (Å²) in [6.45, 7) is 10.1. The normalized spacial score (nSPS) is 11.3. The first-order chi connectivity index (χ1) is 6.80. The minimum atomic E-state index is -0.0290. The monoisotopic (exact) mass is 205 g/mol. The van der Waals surface area contributed by atoms with Crippen molar-refractivity contribution < 1.29 is 4.79 Å². The van der Waals surface area contributed by atoms with Crippen LogP contribution in [0, 0.1) is 6.92 Å². The van der Waals surface area contributed by atoms with Crippen LogP contribution in [0.1, 0.15) is 38.8 Å². The van der Waals surface area contributed by atoms with Gasteiger partial charge in [0, 0.05) is 12.6 Å². The predicted octanol–water partition coefficient (Wildman–Crippen LogP) is 3.25. The van der Waals surface area contributed by atoms with Gasteiger partial charge in [-0.15, -0.1) is 0 Å². The number of hydrogen-bond acceptors (Lipinski definition) is 1. The van der Waals surface area contributed by atoms with Gasteiger partial charge in [0.15, 0.2) is 0 Å². The van der Waals surface area contributed by atoms with Crippen LogP contribution in [-0.4, -0.2) is 5.91 Å². The van der Waals surface area contributed by atoms with Gasteiger partial charge < -0.3 is 5.32 Å². The summed E-state index contributed by atoms with van der Waals surface area (Å²) in [7, 11) is 0. The molecule has 0 heterocycles. The lowest BCUT2D eigenvalue weighted by Crippen LogP contribution is -2.14. The number of amides is 1. The molecule has 1 N–H and O–H groups in total. The first-order valence-electron chi connectivity index (χ1n) is 5.19. The maximum absolute atomic E-state index is 10.9. The molecule has 0 saturated heterocycles. The van der Waals surface area contributed by atoms with Crippen LogP contribution in [0.4, 0.5) is 5.69 Å². The van der Waals surface area contributed by atoms with Crippen LogP contribution in [0.3, 0.4) is 0 Å². The fourth-order valence-corrected chi connectivity index (χ4v) is 1.71. The number of anilines is 1. The van der Waals surface area contributed by atoms with Gasteiger partial charge in [-0.3, -0.25) is 4.79 Å². The van der Waals surface area contributed by atoms with Gasteiger partial charge in [0.2, 0.25) is 5.91 Å². The molecule has 15 heavy (non-hydrogen) atoms. The quantitative estimate of drug-likeness (QED) is 0.749. The average molecular weight is 205 g/mol. The number of rotatable bonds is 1. The Kier molecular flexibility index (Phi) is 3.18. The Morgan fingerprint density at radius 3 is 2.33 bits per heavy atom. The third-order valence-corrected chi connectivity index (χ3v) is 2.37. The molecule has 0 aliphatic carbocycles. The Labute approximate surface area is 91.7 Å². The molecule has 0 spiro atoms. The molecule has 0 aliphatic rings. The lowest BCUT2D eigenvalue weighted by atomic mass is 9.84. The fourth-order valence-electron chi connectivity index (χ4n) is 1.71. The van der Waals surface area contributed by atoms with Crippen molar-refractivity contribution in [1.82, 2.24) is 0 Å². The number of carbonyl (C=O) groups excluding carboxylic acids is 1. The lowest BCUT2D eigenvalue weighted by molar-refractivity contribution is -0.114. The molecule has 2 nitrogen and oxygen atoms in total.